The molecule has 2 fully saturated rings. The molecule has 0 aromatic carbocycles. The number of hydrogen-bond donors (Lipinski definition) is 1. The van der Waals surface area contributed by atoms with Gasteiger partial charge in [0.1, 0.15) is 0 Å². The van der Waals surface area contributed by atoms with Gasteiger partial charge in [-0.15, -0.1) is 0 Å². The van der Waals surface area contributed by atoms with Crippen LogP contribution in [-0.2, 0) is 4.84 Å². The smallest absolute Gasteiger partial charge is 0.205 e. The maximum atomic E-state index is 5.43. The SMILES string of the molecule is CN1C(C2[C@H]3CNC[C@@H]23)=NOC1(C)C. The third-order valence-corrected chi connectivity index (χ3v) is 3.90. The molecule has 3 rings (SSSR count). The fraction of sp³-hybridized carbons (Fsp3) is 0.900. The second-order valence-electron chi connectivity index (χ2n) is 5.06. The first-order valence-electron chi connectivity index (χ1n) is 5.32. The monoisotopic (exact) mass is 195 g/mol. The first kappa shape index (κ1) is 8.53. The first-order valence-corrected chi connectivity index (χ1v) is 5.32. The van der Waals surface area contributed by atoms with Gasteiger partial charge < -0.3 is 15.1 Å². The molecule has 2 heterocycles. The van der Waals surface area contributed by atoms with E-state index in [4.69, 9.17) is 4.84 Å². The highest BCUT2D eigenvalue weighted by molar-refractivity contribution is 5.88. The van der Waals surface area contributed by atoms with E-state index in [0.29, 0.717) is 5.92 Å². The van der Waals surface area contributed by atoms with Crippen molar-refractivity contribution in [2.75, 3.05) is 20.1 Å². The van der Waals surface area contributed by atoms with Crippen LogP contribution in [-0.4, -0.2) is 36.6 Å². The van der Waals surface area contributed by atoms with Gasteiger partial charge >= 0.3 is 0 Å². The van der Waals surface area contributed by atoms with Crippen molar-refractivity contribution >= 4 is 5.84 Å². The van der Waals surface area contributed by atoms with Crippen molar-refractivity contribution in [3.8, 4) is 0 Å². The molecule has 78 valence electrons. The number of fused-ring (bicyclic) bond motifs is 1. The summed E-state index contributed by atoms with van der Waals surface area (Å²) in [6.07, 6.45) is 0. The number of hydrogen-bond acceptors (Lipinski definition) is 4. The molecule has 1 unspecified atom stereocenters. The number of rotatable bonds is 1. The van der Waals surface area contributed by atoms with E-state index in [-0.39, 0.29) is 5.72 Å². The van der Waals surface area contributed by atoms with Crippen molar-refractivity contribution < 1.29 is 4.84 Å². The molecule has 1 aliphatic carbocycles. The van der Waals surface area contributed by atoms with Crippen molar-refractivity contribution in [3.05, 3.63) is 0 Å². The molecular weight excluding hydrogens is 178 g/mol. The molecule has 3 atom stereocenters. The van der Waals surface area contributed by atoms with Gasteiger partial charge in [-0.2, -0.15) is 0 Å². The Hall–Kier alpha value is -0.770. The second kappa shape index (κ2) is 2.42. The van der Waals surface area contributed by atoms with E-state index >= 15 is 0 Å². The van der Waals surface area contributed by atoms with Gasteiger partial charge in [-0.3, -0.25) is 0 Å². The molecule has 0 aromatic rings. The van der Waals surface area contributed by atoms with Gasteiger partial charge in [-0.1, -0.05) is 5.16 Å². The van der Waals surface area contributed by atoms with Crippen LogP contribution in [0.2, 0.25) is 0 Å². The number of piperidine rings is 1. The van der Waals surface area contributed by atoms with E-state index < -0.39 is 0 Å². The number of nitrogens with zero attached hydrogens (tertiary/aromatic N) is 2. The Morgan fingerprint density at radius 2 is 2.07 bits per heavy atom. The van der Waals surface area contributed by atoms with E-state index in [2.05, 4.69) is 36.3 Å². The zero-order valence-corrected chi connectivity index (χ0v) is 8.95. The molecule has 1 saturated carbocycles. The summed E-state index contributed by atoms with van der Waals surface area (Å²) in [7, 11) is 2.08. The van der Waals surface area contributed by atoms with E-state index in [1.807, 2.05) is 0 Å². The molecule has 0 aromatic heterocycles. The third kappa shape index (κ3) is 0.947. The predicted octanol–water partition coefficient (Wildman–Crippen LogP) is 0.463. The van der Waals surface area contributed by atoms with Crippen molar-refractivity contribution in [2.24, 2.45) is 22.9 Å². The minimum Gasteiger partial charge on any atom is -0.366 e. The topological polar surface area (TPSA) is 36.9 Å². The second-order valence-corrected chi connectivity index (χ2v) is 5.06. The number of amidine groups is 1. The molecule has 4 nitrogen and oxygen atoms in total. The van der Waals surface area contributed by atoms with Crippen LogP contribution in [0.25, 0.3) is 0 Å². The van der Waals surface area contributed by atoms with Crippen LogP contribution in [0.4, 0.5) is 0 Å². The molecule has 3 aliphatic rings. The van der Waals surface area contributed by atoms with Gasteiger partial charge in [-0.05, 0) is 38.8 Å². The summed E-state index contributed by atoms with van der Waals surface area (Å²) in [5.41, 5.74) is -0.250. The average molecular weight is 195 g/mol. The van der Waals surface area contributed by atoms with Gasteiger partial charge in [-0.25, -0.2) is 0 Å². The maximum Gasteiger partial charge on any atom is 0.205 e. The lowest BCUT2D eigenvalue weighted by Crippen LogP contribution is -2.42. The first-order chi connectivity index (χ1) is 6.61. The van der Waals surface area contributed by atoms with Crippen LogP contribution in [0, 0.1) is 17.8 Å². The summed E-state index contributed by atoms with van der Waals surface area (Å²) in [6.45, 7) is 6.42. The zero-order chi connectivity index (χ0) is 9.92. The van der Waals surface area contributed by atoms with Crippen LogP contribution < -0.4 is 5.32 Å². The van der Waals surface area contributed by atoms with E-state index in [1.165, 1.54) is 0 Å². The quantitative estimate of drug-likeness (QED) is 0.660. The Bertz CT molecular complexity index is 290. The van der Waals surface area contributed by atoms with Gasteiger partial charge in [0.15, 0.2) is 5.84 Å². The van der Waals surface area contributed by atoms with E-state index in [0.717, 1.165) is 30.8 Å². The van der Waals surface area contributed by atoms with Crippen LogP contribution in [0.15, 0.2) is 5.16 Å². The van der Waals surface area contributed by atoms with Gasteiger partial charge in [0.2, 0.25) is 5.72 Å². The van der Waals surface area contributed by atoms with E-state index in [9.17, 15) is 0 Å². The van der Waals surface area contributed by atoms with E-state index in [1.54, 1.807) is 0 Å². The Kier molecular flexibility index (Phi) is 1.48. The van der Waals surface area contributed by atoms with Crippen LogP contribution in [0.3, 0.4) is 0 Å². The van der Waals surface area contributed by atoms with Gasteiger partial charge in [0.05, 0.1) is 0 Å². The molecule has 1 saturated heterocycles. The lowest BCUT2D eigenvalue weighted by Gasteiger charge is -2.27. The lowest BCUT2D eigenvalue weighted by molar-refractivity contribution is -0.0596. The zero-order valence-electron chi connectivity index (χ0n) is 8.95. The molecular formula is C10H17N3O. The lowest BCUT2D eigenvalue weighted by atomic mass is 10.2. The summed E-state index contributed by atoms with van der Waals surface area (Å²) in [4.78, 5) is 7.60. The Morgan fingerprint density at radius 3 is 2.57 bits per heavy atom. The van der Waals surface area contributed by atoms with Crippen LogP contribution in [0.5, 0.6) is 0 Å². The normalized spacial score (nSPS) is 43.2. The van der Waals surface area contributed by atoms with Crippen LogP contribution in [0.1, 0.15) is 13.8 Å². The minimum absolute atomic E-state index is 0.250. The Morgan fingerprint density at radius 1 is 1.43 bits per heavy atom. The van der Waals surface area contributed by atoms with Crippen molar-refractivity contribution in [1.29, 1.82) is 0 Å². The molecule has 0 amide bonds. The summed E-state index contributed by atoms with van der Waals surface area (Å²) >= 11 is 0. The van der Waals surface area contributed by atoms with Gasteiger partial charge in [0.25, 0.3) is 0 Å². The third-order valence-electron chi connectivity index (χ3n) is 3.90. The van der Waals surface area contributed by atoms with Crippen molar-refractivity contribution in [3.63, 3.8) is 0 Å². The molecule has 0 radical (unpaired) electrons. The van der Waals surface area contributed by atoms with Gasteiger partial charge in [0, 0.05) is 13.0 Å². The van der Waals surface area contributed by atoms with Crippen molar-refractivity contribution in [1.82, 2.24) is 10.2 Å². The number of nitrogens with one attached hydrogen (secondary N) is 1. The molecule has 0 spiro atoms. The Balaban J connectivity index is 1.76. The summed E-state index contributed by atoms with van der Waals surface area (Å²) in [5, 5.41) is 7.63. The van der Waals surface area contributed by atoms with Crippen molar-refractivity contribution in [2.45, 2.75) is 19.6 Å². The minimum atomic E-state index is -0.250. The Labute approximate surface area is 84.3 Å². The fourth-order valence-electron chi connectivity index (χ4n) is 2.64. The average Bonchev–Trinajstić information content (AvgIpc) is 2.53. The summed E-state index contributed by atoms with van der Waals surface area (Å²) in [5.74, 6) is 3.44. The standard InChI is InChI=1S/C10H17N3O/c1-10(2)13(3)9(12-14-10)8-6-4-11-5-7(6)8/h6-8,11H,4-5H2,1-3H3/t6-,7+,8?. The molecule has 0 bridgehead atoms. The molecule has 2 aliphatic heterocycles. The highest BCUT2D eigenvalue weighted by Gasteiger charge is 2.58. The predicted molar refractivity (Wildman–Crippen MR) is 53.7 cm³/mol. The highest BCUT2D eigenvalue weighted by Crippen LogP contribution is 2.51. The molecule has 1 N–H and O–H groups in total. The van der Waals surface area contributed by atoms with Crippen LogP contribution >= 0.6 is 0 Å². The molecule has 4 heteroatoms. The number of oxime groups is 1. The largest absolute Gasteiger partial charge is 0.366 e. The molecule has 14 heavy (non-hydrogen) atoms. The fourth-order valence-corrected chi connectivity index (χ4v) is 2.64. The summed E-state index contributed by atoms with van der Waals surface area (Å²) < 4.78 is 0. The highest BCUT2D eigenvalue weighted by atomic mass is 16.7. The summed E-state index contributed by atoms with van der Waals surface area (Å²) in [6, 6.07) is 0. The maximum absolute atomic E-state index is 5.43.